The van der Waals surface area contributed by atoms with Gasteiger partial charge in [0.15, 0.2) is 5.78 Å². The molecule has 0 fully saturated rings. The van der Waals surface area contributed by atoms with Crippen LogP contribution in [-0.4, -0.2) is 11.7 Å². The summed E-state index contributed by atoms with van der Waals surface area (Å²) in [6.45, 7) is 5.68. The Morgan fingerprint density at radius 3 is 1.33 bits per heavy atom. The second kappa shape index (κ2) is 16.7. The van der Waals surface area contributed by atoms with Gasteiger partial charge in [-0.25, -0.2) is 0 Å². The second-order valence-corrected chi connectivity index (χ2v) is 6.97. The lowest BCUT2D eigenvalue weighted by Crippen LogP contribution is -2.19. The van der Waals surface area contributed by atoms with Crippen LogP contribution in [0.15, 0.2) is 12.2 Å². The van der Waals surface area contributed by atoms with Crippen LogP contribution < -0.4 is 5.73 Å². The van der Waals surface area contributed by atoms with Crippen molar-refractivity contribution < 1.29 is 9.59 Å². The zero-order valence-electron chi connectivity index (χ0n) is 15.9. The first kappa shape index (κ1) is 22.9. The van der Waals surface area contributed by atoms with Gasteiger partial charge in [0.2, 0.25) is 0 Å². The van der Waals surface area contributed by atoms with E-state index in [1.807, 2.05) is 0 Å². The number of amides is 1. The SMILES string of the molecule is C=C(C(N)=O)C(=O)CCCCCCCCCCCCCCCCC. The monoisotopic (exact) mass is 337 g/mol. The van der Waals surface area contributed by atoms with Crippen LogP contribution in [0, 0.1) is 0 Å². The van der Waals surface area contributed by atoms with E-state index >= 15 is 0 Å². The first-order chi connectivity index (χ1) is 11.6. The summed E-state index contributed by atoms with van der Waals surface area (Å²) in [5.41, 5.74) is 4.98. The Bertz CT molecular complexity index is 350. The summed E-state index contributed by atoms with van der Waals surface area (Å²) in [5.74, 6) is -0.891. The largest absolute Gasteiger partial charge is 0.366 e. The van der Waals surface area contributed by atoms with Gasteiger partial charge in [-0.1, -0.05) is 103 Å². The Labute approximate surface area is 149 Å². The van der Waals surface area contributed by atoms with Gasteiger partial charge < -0.3 is 5.73 Å². The van der Waals surface area contributed by atoms with Crippen molar-refractivity contribution in [2.45, 2.75) is 110 Å². The fourth-order valence-corrected chi connectivity index (χ4v) is 2.95. The van der Waals surface area contributed by atoms with Crippen molar-refractivity contribution in [1.29, 1.82) is 0 Å². The highest BCUT2D eigenvalue weighted by Crippen LogP contribution is 2.14. The minimum absolute atomic E-state index is 0.0552. The summed E-state index contributed by atoms with van der Waals surface area (Å²) in [7, 11) is 0. The number of carbonyl (C=O) groups is 2. The first-order valence-corrected chi connectivity index (χ1v) is 10.1. The van der Waals surface area contributed by atoms with Crippen molar-refractivity contribution in [3.8, 4) is 0 Å². The molecule has 1 amide bonds. The maximum atomic E-state index is 11.5. The molecule has 0 aromatic heterocycles. The van der Waals surface area contributed by atoms with Crippen molar-refractivity contribution in [2.24, 2.45) is 5.73 Å². The van der Waals surface area contributed by atoms with Gasteiger partial charge in [-0.3, -0.25) is 9.59 Å². The maximum Gasteiger partial charge on any atom is 0.251 e. The van der Waals surface area contributed by atoms with Gasteiger partial charge in [0, 0.05) is 6.42 Å². The van der Waals surface area contributed by atoms with E-state index in [9.17, 15) is 9.59 Å². The van der Waals surface area contributed by atoms with Gasteiger partial charge in [-0.2, -0.15) is 0 Å². The van der Waals surface area contributed by atoms with Crippen LogP contribution in [0.25, 0.3) is 0 Å². The number of hydrogen-bond acceptors (Lipinski definition) is 2. The molecule has 0 aromatic carbocycles. The lowest BCUT2D eigenvalue weighted by molar-refractivity contribution is -0.120. The molecule has 0 spiro atoms. The molecule has 0 aliphatic rings. The van der Waals surface area contributed by atoms with E-state index in [4.69, 9.17) is 5.73 Å². The van der Waals surface area contributed by atoms with Gasteiger partial charge in [-0.15, -0.1) is 0 Å². The minimum atomic E-state index is -0.694. The third-order valence-corrected chi connectivity index (χ3v) is 4.64. The summed E-state index contributed by atoms with van der Waals surface area (Å²) < 4.78 is 0. The van der Waals surface area contributed by atoms with Crippen molar-refractivity contribution in [3.05, 3.63) is 12.2 Å². The number of nitrogens with two attached hydrogens (primary N) is 1. The quantitative estimate of drug-likeness (QED) is 0.147. The summed E-state index contributed by atoms with van der Waals surface area (Å²) >= 11 is 0. The minimum Gasteiger partial charge on any atom is -0.366 e. The predicted octanol–water partition coefficient (Wildman–Crippen LogP) is 5.86. The van der Waals surface area contributed by atoms with Gasteiger partial charge >= 0.3 is 0 Å². The molecule has 0 heterocycles. The number of carbonyl (C=O) groups excluding carboxylic acids is 2. The summed E-state index contributed by atoms with van der Waals surface area (Å²) in [6.07, 6.45) is 19.9. The Kier molecular flexibility index (Phi) is 15.9. The molecule has 2 N–H and O–H groups in total. The van der Waals surface area contributed by atoms with Gasteiger partial charge in [0.05, 0.1) is 5.57 Å². The maximum absolute atomic E-state index is 11.5. The predicted molar refractivity (Wildman–Crippen MR) is 103 cm³/mol. The van der Waals surface area contributed by atoms with Crippen molar-refractivity contribution >= 4 is 11.7 Å². The standard InChI is InChI=1S/C21H39NO2/c1-3-4-5-6-7-8-9-10-11-12-13-14-15-16-17-18-20(23)19(2)21(22)24/h2-18H2,1H3,(H2,22,24). The number of primary amides is 1. The Hall–Kier alpha value is -1.12. The fraction of sp³-hybridized carbons (Fsp3) is 0.810. The zero-order valence-corrected chi connectivity index (χ0v) is 15.9. The number of unbranched alkanes of at least 4 members (excludes halogenated alkanes) is 14. The van der Waals surface area contributed by atoms with E-state index in [1.165, 1.54) is 83.5 Å². The summed E-state index contributed by atoms with van der Waals surface area (Å²) in [4.78, 5) is 22.3. The van der Waals surface area contributed by atoms with Crippen LogP contribution >= 0.6 is 0 Å². The molecule has 0 saturated carbocycles. The van der Waals surface area contributed by atoms with Crippen LogP contribution in [0.1, 0.15) is 110 Å². The average molecular weight is 338 g/mol. The smallest absolute Gasteiger partial charge is 0.251 e. The summed E-state index contributed by atoms with van der Waals surface area (Å²) in [5, 5.41) is 0. The van der Waals surface area contributed by atoms with Gasteiger partial charge in [0.25, 0.3) is 5.91 Å². The molecule has 24 heavy (non-hydrogen) atoms. The Morgan fingerprint density at radius 2 is 1.00 bits per heavy atom. The van der Waals surface area contributed by atoms with E-state index in [0.717, 1.165) is 12.8 Å². The Morgan fingerprint density at radius 1 is 0.667 bits per heavy atom. The van der Waals surface area contributed by atoms with Crippen LogP contribution in [0.4, 0.5) is 0 Å². The van der Waals surface area contributed by atoms with E-state index in [1.54, 1.807) is 0 Å². The molecular formula is C21H39NO2. The van der Waals surface area contributed by atoms with Crippen LogP contribution in [0.5, 0.6) is 0 Å². The van der Waals surface area contributed by atoms with E-state index in [2.05, 4.69) is 13.5 Å². The first-order valence-electron chi connectivity index (χ1n) is 10.1. The van der Waals surface area contributed by atoms with E-state index < -0.39 is 5.91 Å². The molecule has 0 saturated heterocycles. The highest BCUT2D eigenvalue weighted by Gasteiger charge is 2.11. The zero-order chi connectivity index (χ0) is 18.0. The fourth-order valence-electron chi connectivity index (χ4n) is 2.95. The van der Waals surface area contributed by atoms with Crippen molar-refractivity contribution in [2.75, 3.05) is 0 Å². The number of rotatable bonds is 18. The third kappa shape index (κ3) is 14.5. The number of ketones is 1. The Balaban J connectivity index is 3.19. The second-order valence-electron chi connectivity index (χ2n) is 6.97. The molecule has 0 atom stereocenters. The van der Waals surface area contributed by atoms with Gasteiger partial charge in [0.1, 0.15) is 0 Å². The lowest BCUT2D eigenvalue weighted by Gasteiger charge is -2.03. The molecular weight excluding hydrogens is 298 g/mol. The summed E-state index contributed by atoms with van der Waals surface area (Å²) in [6, 6.07) is 0. The van der Waals surface area contributed by atoms with Gasteiger partial charge in [-0.05, 0) is 6.42 Å². The molecule has 3 nitrogen and oxygen atoms in total. The van der Waals surface area contributed by atoms with E-state index in [0.29, 0.717) is 6.42 Å². The lowest BCUT2D eigenvalue weighted by atomic mass is 10.0. The van der Waals surface area contributed by atoms with Crippen LogP contribution in [0.3, 0.4) is 0 Å². The highest BCUT2D eigenvalue weighted by molar-refractivity contribution is 6.18. The molecule has 0 bridgehead atoms. The molecule has 0 aromatic rings. The normalized spacial score (nSPS) is 10.7. The molecule has 0 aliphatic heterocycles. The molecule has 0 unspecified atom stereocenters. The molecule has 140 valence electrons. The van der Waals surface area contributed by atoms with Crippen molar-refractivity contribution in [3.63, 3.8) is 0 Å². The van der Waals surface area contributed by atoms with Crippen LogP contribution in [-0.2, 0) is 9.59 Å². The third-order valence-electron chi connectivity index (χ3n) is 4.64. The molecule has 0 aliphatic carbocycles. The van der Waals surface area contributed by atoms with Crippen LogP contribution in [0.2, 0.25) is 0 Å². The molecule has 0 radical (unpaired) electrons. The number of hydrogen-bond donors (Lipinski definition) is 1. The molecule has 3 heteroatoms. The number of Topliss-reactive ketones (excluding diaryl/α,β-unsaturated/α-hetero) is 1. The van der Waals surface area contributed by atoms with Crippen molar-refractivity contribution in [1.82, 2.24) is 0 Å². The van der Waals surface area contributed by atoms with E-state index in [-0.39, 0.29) is 11.4 Å². The highest BCUT2D eigenvalue weighted by atomic mass is 16.2. The average Bonchev–Trinajstić information content (AvgIpc) is 2.57. The topological polar surface area (TPSA) is 60.2 Å². The molecule has 0 rings (SSSR count).